The molecule has 90 valence electrons. The SMILES string of the molecule is CCCCn1c(C(C)C)ccc(CO)c1=O. The quantitative estimate of drug-likeness (QED) is 0.832. The summed E-state index contributed by atoms with van der Waals surface area (Å²) in [6.45, 7) is 6.83. The maximum atomic E-state index is 12.0. The first kappa shape index (κ1) is 13.0. The summed E-state index contributed by atoms with van der Waals surface area (Å²) in [6, 6.07) is 3.69. The molecule has 0 amide bonds. The molecule has 1 rings (SSSR count). The van der Waals surface area contributed by atoms with Crippen LogP contribution < -0.4 is 5.56 Å². The van der Waals surface area contributed by atoms with Gasteiger partial charge in [-0.1, -0.05) is 27.2 Å². The van der Waals surface area contributed by atoms with E-state index in [4.69, 9.17) is 5.11 Å². The minimum Gasteiger partial charge on any atom is -0.391 e. The van der Waals surface area contributed by atoms with Crippen LogP contribution in [-0.2, 0) is 13.2 Å². The normalized spacial score (nSPS) is 11.1. The zero-order chi connectivity index (χ0) is 12.1. The molecule has 1 N–H and O–H groups in total. The molecule has 0 fully saturated rings. The Hall–Kier alpha value is -1.09. The number of nitrogens with zero attached hydrogens (tertiary/aromatic N) is 1. The Kier molecular flexibility index (Phi) is 4.74. The highest BCUT2D eigenvalue weighted by molar-refractivity contribution is 5.17. The third kappa shape index (κ3) is 2.73. The van der Waals surface area contributed by atoms with Crippen LogP contribution in [0.3, 0.4) is 0 Å². The van der Waals surface area contributed by atoms with Gasteiger partial charge in [-0.2, -0.15) is 0 Å². The summed E-state index contributed by atoms with van der Waals surface area (Å²) in [4.78, 5) is 12.0. The Labute approximate surface area is 96.7 Å². The van der Waals surface area contributed by atoms with Gasteiger partial charge in [0, 0.05) is 17.8 Å². The fourth-order valence-corrected chi connectivity index (χ4v) is 1.81. The smallest absolute Gasteiger partial charge is 0.256 e. The van der Waals surface area contributed by atoms with Crippen LogP contribution in [-0.4, -0.2) is 9.67 Å². The second kappa shape index (κ2) is 5.85. The van der Waals surface area contributed by atoms with Gasteiger partial charge in [0.2, 0.25) is 0 Å². The fraction of sp³-hybridized carbons (Fsp3) is 0.615. The van der Waals surface area contributed by atoms with E-state index in [0.717, 1.165) is 25.1 Å². The van der Waals surface area contributed by atoms with Gasteiger partial charge in [-0.25, -0.2) is 0 Å². The number of rotatable bonds is 5. The summed E-state index contributed by atoms with van der Waals surface area (Å²) in [5, 5.41) is 9.08. The number of pyridine rings is 1. The van der Waals surface area contributed by atoms with Gasteiger partial charge in [0.1, 0.15) is 0 Å². The highest BCUT2D eigenvalue weighted by atomic mass is 16.3. The molecule has 0 aromatic carbocycles. The predicted molar refractivity (Wildman–Crippen MR) is 65.6 cm³/mol. The molecule has 0 aliphatic carbocycles. The summed E-state index contributed by atoms with van der Waals surface area (Å²) in [5.74, 6) is 0.331. The first-order valence-electron chi connectivity index (χ1n) is 5.95. The molecule has 0 saturated carbocycles. The largest absolute Gasteiger partial charge is 0.391 e. The molecule has 3 heteroatoms. The van der Waals surface area contributed by atoms with Crippen molar-refractivity contribution in [1.29, 1.82) is 0 Å². The molecule has 1 aromatic heterocycles. The molecule has 0 spiro atoms. The third-order valence-corrected chi connectivity index (χ3v) is 2.78. The average molecular weight is 223 g/mol. The van der Waals surface area contributed by atoms with Crippen LogP contribution >= 0.6 is 0 Å². The first-order chi connectivity index (χ1) is 7.61. The molecule has 1 aromatic rings. The second-order valence-electron chi connectivity index (χ2n) is 4.41. The Balaban J connectivity index is 3.20. The van der Waals surface area contributed by atoms with Gasteiger partial charge in [-0.3, -0.25) is 4.79 Å². The lowest BCUT2D eigenvalue weighted by Crippen LogP contribution is -2.27. The van der Waals surface area contributed by atoms with E-state index < -0.39 is 0 Å². The Bertz CT molecular complexity index is 393. The van der Waals surface area contributed by atoms with Gasteiger partial charge in [0.25, 0.3) is 5.56 Å². The van der Waals surface area contributed by atoms with E-state index in [2.05, 4.69) is 20.8 Å². The van der Waals surface area contributed by atoms with E-state index in [1.165, 1.54) is 0 Å². The van der Waals surface area contributed by atoms with Gasteiger partial charge < -0.3 is 9.67 Å². The minimum atomic E-state index is -0.177. The first-order valence-corrected chi connectivity index (χ1v) is 5.95. The summed E-state index contributed by atoms with van der Waals surface area (Å²) in [7, 11) is 0. The van der Waals surface area contributed by atoms with Gasteiger partial charge in [0.15, 0.2) is 0 Å². The maximum absolute atomic E-state index is 12.0. The molecule has 3 nitrogen and oxygen atoms in total. The van der Waals surface area contributed by atoms with Gasteiger partial charge in [0.05, 0.1) is 6.61 Å². The number of hydrogen-bond donors (Lipinski definition) is 1. The molecule has 0 saturated heterocycles. The average Bonchev–Trinajstić information content (AvgIpc) is 2.26. The van der Waals surface area contributed by atoms with Crippen molar-refractivity contribution >= 4 is 0 Å². The Morgan fingerprint density at radius 3 is 2.56 bits per heavy atom. The van der Waals surface area contributed by atoms with E-state index in [1.807, 2.05) is 6.07 Å². The standard InChI is InChI=1S/C13H21NO2/c1-4-5-8-14-12(10(2)3)7-6-11(9-15)13(14)16/h6-7,10,15H,4-5,8-9H2,1-3H3. The zero-order valence-electron chi connectivity index (χ0n) is 10.4. The van der Waals surface area contributed by atoms with Crippen LogP contribution in [0.4, 0.5) is 0 Å². The fourth-order valence-electron chi connectivity index (χ4n) is 1.81. The lowest BCUT2D eigenvalue weighted by Gasteiger charge is -2.16. The molecule has 1 heterocycles. The van der Waals surface area contributed by atoms with E-state index in [1.54, 1.807) is 10.6 Å². The molecule has 0 bridgehead atoms. The molecular weight excluding hydrogens is 202 g/mol. The Morgan fingerprint density at radius 1 is 1.38 bits per heavy atom. The number of hydrogen-bond acceptors (Lipinski definition) is 2. The molecule has 0 unspecified atom stereocenters. The van der Waals surface area contributed by atoms with E-state index in [9.17, 15) is 4.79 Å². The summed E-state index contributed by atoms with van der Waals surface area (Å²) in [5.41, 5.74) is 1.50. The number of aliphatic hydroxyl groups is 1. The summed E-state index contributed by atoms with van der Waals surface area (Å²) in [6.07, 6.45) is 2.06. The zero-order valence-corrected chi connectivity index (χ0v) is 10.4. The van der Waals surface area contributed by atoms with Crippen molar-refractivity contribution in [3.05, 3.63) is 33.7 Å². The van der Waals surface area contributed by atoms with Crippen molar-refractivity contribution in [3.63, 3.8) is 0 Å². The third-order valence-electron chi connectivity index (χ3n) is 2.78. The molecule has 0 aliphatic rings. The topological polar surface area (TPSA) is 42.2 Å². The van der Waals surface area contributed by atoms with Crippen molar-refractivity contribution in [2.45, 2.75) is 52.7 Å². The van der Waals surface area contributed by atoms with E-state index in [0.29, 0.717) is 11.5 Å². The van der Waals surface area contributed by atoms with Crippen LogP contribution in [0.5, 0.6) is 0 Å². The Morgan fingerprint density at radius 2 is 2.06 bits per heavy atom. The molecule has 16 heavy (non-hydrogen) atoms. The monoisotopic (exact) mass is 223 g/mol. The number of aromatic nitrogens is 1. The number of aliphatic hydroxyl groups excluding tert-OH is 1. The molecule has 0 atom stereocenters. The van der Waals surface area contributed by atoms with Crippen molar-refractivity contribution in [2.24, 2.45) is 0 Å². The van der Waals surface area contributed by atoms with Crippen molar-refractivity contribution in [2.75, 3.05) is 0 Å². The van der Waals surface area contributed by atoms with Gasteiger partial charge in [-0.15, -0.1) is 0 Å². The van der Waals surface area contributed by atoms with Crippen LogP contribution in [0.1, 0.15) is 50.8 Å². The predicted octanol–water partition coefficient (Wildman–Crippen LogP) is 2.26. The molecule has 0 aliphatic heterocycles. The van der Waals surface area contributed by atoms with Crippen LogP contribution in [0, 0.1) is 0 Å². The van der Waals surface area contributed by atoms with Crippen LogP contribution in [0.2, 0.25) is 0 Å². The molecule has 0 radical (unpaired) electrons. The lowest BCUT2D eigenvalue weighted by molar-refractivity contribution is 0.278. The van der Waals surface area contributed by atoms with Gasteiger partial charge >= 0.3 is 0 Å². The second-order valence-corrected chi connectivity index (χ2v) is 4.41. The number of unbranched alkanes of at least 4 members (excludes halogenated alkanes) is 1. The highest BCUT2D eigenvalue weighted by Gasteiger charge is 2.10. The van der Waals surface area contributed by atoms with E-state index in [-0.39, 0.29) is 12.2 Å². The maximum Gasteiger partial charge on any atom is 0.256 e. The van der Waals surface area contributed by atoms with Crippen molar-refractivity contribution in [3.8, 4) is 0 Å². The van der Waals surface area contributed by atoms with Crippen LogP contribution in [0.15, 0.2) is 16.9 Å². The summed E-state index contributed by atoms with van der Waals surface area (Å²) >= 11 is 0. The van der Waals surface area contributed by atoms with Crippen molar-refractivity contribution in [1.82, 2.24) is 4.57 Å². The van der Waals surface area contributed by atoms with E-state index >= 15 is 0 Å². The highest BCUT2D eigenvalue weighted by Crippen LogP contribution is 2.13. The van der Waals surface area contributed by atoms with Crippen LogP contribution in [0.25, 0.3) is 0 Å². The lowest BCUT2D eigenvalue weighted by atomic mass is 10.1. The van der Waals surface area contributed by atoms with Gasteiger partial charge in [-0.05, 0) is 24.5 Å². The summed E-state index contributed by atoms with van der Waals surface area (Å²) < 4.78 is 1.81. The van der Waals surface area contributed by atoms with Crippen molar-refractivity contribution < 1.29 is 5.11 Å². The molecular formula is C13H21NO2. The minimum absolute atomic E-state index is 0.0397.